The second-order valence-electron chi connectivity index (χ2n) is 5.30. The van der Waals surface area contributed by atoms with E-state index in [1.807, 2.05) is 18.2 Å². The van der Waals surface area contributed by atoms with Crippen molar-refractivity contribution in [2.75, 3.05) is 0 Å². The zero-order chi connectivity index (χ0) is 13.0. The fourth-order valence-electron chi connectivity index (χ4n) is 2.84. The van der Waals surface area contributed by atoms with Gasteiger partial charge in [-0.3, -0.25) is 0 Å². The van der Waals surface area contributed by atoms with Gasteiger partial charge in [0.15, 0.2) is 0 Å². The lowest BCUT2D eigenvalue weighted by molar-refractivity contribution is 0.327. The molecule has 1 atom stereocenters. The fourth-order valence-corrected chi connectivity index (χ4v) is 3.15. The number of benzene rings is 1. The maximum Gasteiger partial charge on any atom is 0.0595 e. The Balaban J connectivity index is 2.08. The van der Waals surface area contributed by atoms with Crippen LogP contribution >= 0.6 is 23.2 Å². The maximum atomic E-state index is 6.41. The van der Waals surface area contributed by atoms with E-state index in [9.17, 15) is 0 Å². The van der Waals surface area contributed by atoms with Gasteiger partial charge in [-0.25, -0.2) is 0 Å². The normalized spacial score (nSPS) is 20.2. The first-order valence-electron chi connectivity index (χ1n) is 6.89. The van der Waals surface area contributed by atoms with Gasteiger partial charge in [-0.1, -0.05) is 61.4 Å². The highest BCUT2D eigenvalue weighted by Gasteiger charge is 2.20. The number of halogens is 2. The smallest absolute Gasteiger partial charge is 0.0595 e. The Morgan fingerprint density at radius 1 is 0.944 bits per heavy atom. The van der Waals surface area contributed by atoms with Gasteiger partial charge in [0.2, 0.25) is 0 Å². The molecule has 100 valence electrons. The van der Waals surface area contributed by atoms with E-state index in [1.54, 1.807) is 0 Å². The Kier molecular flexibility index (Phi) is 5.35. The highest BCUT2D eigenvalue weighted by Crippen LogP contribution is 2.33. The lowest BCUT2D eigenvalue weighted by Crippen LogP contribution is -2.22. The van der Waals surface area contributed by atoms with Crippen molar-refractivity contribution >= 4 is 23.2 Å². The Morgan fingerprint density at radius 3 is 2.17 bits per heavy atom. The minimum atomic E-state index is 0.0952. The van der Waals surface area contributed by atoms with Gasteiger partial charge in [0.25, 0.3) is 0 Å². The zero-order valence-electron chi connectivity index (χ0n) is 10.7. The van der Waals surface area contributed by atoms with Gasteiger partial charge in [0, 0.05) is 6.04 Å². The number of hydrogen-bond donors (Lipinski definition) is 1. The average molecular weight is 286 g/mol. The molecule has 1 nitrogen and oxygen atoms in total. The molecule has 0 amide bonds. The maximum absolute atomic E-state index is 6.41. The van der Waals surface area contributed by atoms with Gasteiger partial charge in [0.05, 0.1) is 10.0 Å². The minimum Gasteiger partial charge on any atom is -0.324 e. The van der Waals surface area contributed by atoms with Crippen molar-refractivity contribution in [1.82, 2.24) is 0 Å². The Hall–Kier alpha value is -0.240. The summed E-state index contributed by atoms with van der Waals surface area (Å²) in [7, 11) is 0. The van der Waals surface area contributed by atoms with Gasteiger partial charge in [-0.05, 0) is 36.5 Å². The van der Waals surface area contributed by atoms with Crippen molar-refractivity contribution in [3.05, 3.63) is 33.8 Å². The molecule has 0 saturated heterocycles. The molecule has 1 aliphatic rings. The van der Waals surface area contributed by atoms with E-state index in [0.29, 0.717) is 16.0 Å². The van der Waals surface area contributed by atoms with Crippen LogP contribution in [0.5, 0.6) is 0 Å². The average Bonchev–Trinajstić information content (AvgIpc) is 2.31. The lowest BCUT2D eigenvalue weighted by Gasteiger charge is -2.26. The molecule has 1 fully saturated rings. The molecular formula is C15H21Cl2N. The summed E-state index contributed by atoms with van der Waals surface area (Å²) >= 11 is 12.0. The summed E-state index contributed by atoms with van der Waals surface area (Å²) in [6.07, 6.45) is 9.17. The summed E-state index contributed by atoms with van der Waals surface area (Å²) in [4.78, 5) is 0. The Labute approximate surface area is 120 Å². The number of hydrogen-bond acceptors (Lipinski definition) is 1. The molecule has 0 heterocycles. The van der Waals surface area contributed by atoms with E-state index >= 15 is 0 Å². The van der Waals surface area contributed by atoms with Crippen molar-refractivity contribution in [3.8, 4) is 0 Å². The molecule has 0 radical (unpaired) electrons. The van der Waals surface area contributed by atoms with Crippen molar-refractivity contribution in [1.29, 1.82) is 0 Å². The summed E-state index contributed by atoms with van der Waals surface area (Å²) in [6, 6.07) is 5.88. The van der Waals surface area contributed by atoms with Gasteiger partial charge in [-0.15, -0.1) is 0 Å². The van der Waals surface area contributed by atoms with Crippen LogP contribution in [0.1, 0.15) is 56.6 Å². The third-order valence-electron chi connectivity index (χ3n) is 3.99. The van der Waals surface area contributed by atoms with Crippen molar-refractivity contribution in [2.45, 2.75) is 51.0 Å². The third-order valence-corrected chi connectivity index (χ3v) is 4.73. The molecule has 0 spiro atoms. The standard InChI is InChI=1S/C15H21Cl2N/c16-13-9-8-12(10-14(13)17)15(18)11-6-4-2-1-3-5-7-11/h8-11,15H,1-7,18H2. The van der Waals surface area contributed by atoms with Gasteiger partial charge >= 0.3 is 0 Å². The molecule has 0 aromatic heterocycles. The fraction of sp³-hybridized carbons (Fsp3) is 0.600. The zero-order valence-corrected chi connectivity index (χ0v) is 12.2. The summed E-state index contributed by atoms with van der Waals surface area (Å²) in [5.74, 6) is 0.586. The predicted octanol–water partition coefficient (Wildman–Crippen LogP) is 5.35. The van der Waals surface area contributed by atoms with E-state index in [4.69, 9.17) is 28.9 Å². The Bertz CT molecular complexity index is 384. The molecule has 0 bridgehead atoms. The van der Waals surface area contributed by atoms with Crippen LogP contribution in [0.25, 0.3) is 0 Å². The van der Waals surface area contributed by atoms with Crippen LogP contribution in [-0.2, 0) is 0 Å². The summed E-state index contributed by atoms with van der Waals surface area (Å²) in [5, 5.41) is 1.21. The molecule has 1 aromatic carbocycles. The first kappa shape index (κ1) is 14.2. The lowest BCUT2D eigenvalue weighted by atomic mass is 9.83. The number of rotatable bonds is 2. The molecular weight excluding hydrogens is 265 g/mol. The van der Waals surface area contributed by atoms with Crippen LogP contribution in [-0.4, -0.2) is 0 Å². The second kappa shape index (κ2) is 6.79. The van der Waals surface area contributed by atoms with E-state index in [-0.39, 0.29) is 6.04 Å². The van der Waals surface area contributed by atoms with Crippen LogP contribution in [0.3, 0.4) is 0 Å². The third kappa shape index (κ3) is 3.63. The van der Waals surface area contributed by atoms with E-state index in [2.05, 4.69) is 0 Å². The minimum absolute atomic E-state index is 0.0952. The van der Waals surface area contributed by atoms with Crippen LogP contribution in [0.4, 0.5) is 0 Å². The predicted molar refractivity (Wildman–Crippen MR) is 79.2 cm³/mol. The highest BCUT2D eigenvalue weighted by molar-refractivity contribution is 6.42. The molecule has 2 rings (SSSR count). The summed E-state index contributed by atoms with van der Waals surface area (Å²) in [6.45, 7) is 0. The molecule has 3 heteroatoms. The first-order valence-corrected chi connectivity index (χ1v) is 7.64. The van der Waals surface area contributed by atoms with E-state index < -0.39 is 0 Å². The molecule has 1 aromatic rings. The summed E-state index contributed by atoms with van der Waals surface area (Å²) in [5.41, 5.74) is 7.53. The molecule has 1 aliphatic carbocycles. The second-order valence-corrected chi connectivity index (χ2v) is 6.12. The van der Waals surface area contributed by atoms with Gasteiger partial charge < -0.3 is 5.73 Å². The molecule has 1 saturated carbocycles. The summed E-state index contributed by atoms with van der Waals surface area (Å²) < 4.78 is 0. The van der Waals surface area contributed by atoms with Gasteiger partial charge in [0.1, 0.15) is 0 Å². The van der Waals surface area contributed by atoms with E-state index in [1.165, 1.54) is 44.9 Å². The van der Waals surface area contributed by atoms with E-state index in [0.717, 1.165) is 5.56 Å². The first-order chi connectivity index (χ1) is 8.68. The quantitative estimate of drug-likeness (QED) is 0.778. The monoisotopic (exact) mass is 285 g/mol. The Morgan fingerprint density at radius 2 is 1.56 bits per heavy atom. The molecule has 2 N–H and O–H groups in total. The SMILES string of the molecule is NC(c1ccc(Cl)c(Cl)c1)C1CCCCCCC1. The van der Waals surface area contributed by atoms with Crippen LogP contribution in [0, 0.1) is 5.92 Å². The molecule has 18 heavy (non-hydrogen) atoms. The topological polar surface area (TPSA) is 26.0 Å². The van der Waals surface area contributed by atoms with Crippen LogP contribution in [0.15, 0.2) is 18.2 Å². The van der Waals surface area contributed by atoms with Crippen molar-refractivity contribution in [3.63, 3.8) is 0 Å². The number of nitrogens with two attached hydrogens (primary N) is 1. The van der Waals surface area contributed by atoms with Gasteiger partial charge in [-0.2, -0.15) is 0 Å². The van der Waals surface area contributed by atoms with Crippen molar-refractivity contribution in [2.24, 2.45) is 11.7 Å². The molecule has 1 unspecified atom stereocenters. The molecule has 0 aliphatic heterocycles. The van der Waals surface area contributed by atoms with Crippen LogP contribution in [0.2, 0.25) is 10.0 Å². The largest absolute Gasteiger partial charge is 0.324 e. The van der Waals surface area contributed by atoms with Crippen LogP contribution < -0.4 is 5.73 Å². The highest BCUT2D eigenvalue weighted by atomic mass is 35.5. The van der Waals surface area contributed by atoms with Crippen molar-refractivity contribution < 1.29 is 0 Å².